The monoisotopic (exact) mass is 543 g/mol. The summed E-state index contributed by atoms with van der Waals surface area (Å²) in [5.41, 5.74) is 5.37. The number of hydrogen-bond donors (Lipinski definition) is 3. The molecule has 0 aliphatic heterocycles. The minimum absolute atomic E-state index is 0.111. The topological polar surface area (TPSA) is 108 Å². The van der Waals surface area contributed by atoms with Gasteiger partial charge in [0.15, 0.2) is 5.65 Å². The Balaban J connectivity index is 1.79. The molecule has 2 unspecified atom stereocenters. The molecular weight excluding hydrogens is 509 g/mol. The number of nitrogens with zero attached hydrogens (tertiary/aromatic N) is 3. The van der Waals surface area contributed by atoms with E-state index in [1.807, 2.05) is 35.0 Å². The van der Waals surface area contributed by atoms with Crippen molar-refractivity contribution in [3.63, 3.8) is 0 Å². The standard InChI is InChI=1S/C32H34FN3O4/c1-32(2,3)36-31-28(30(35-36)20-7-5-4-6-8-20)27(19-11-13-22(33)14-12-19)25(29(34-31)21-9-10-21)16-15-23(37)17-24(38)18-26(39)40/h4-8,11-16,21,23-24,37-38H,9-10,17-18H2,1-3H3,(H,39,40)/b16-15+. The third-order valence-electron chi connectivity index (χ3n) is 7.07. The van der Waals surface area contributed by atoms with Crippen molar-refractivity contribution >= 4 is 23.1 Å². The lowest BCUT2D eigenvalue weighted by molar-refractivity contribution is -0.139. The van der Waals surface area contributed by atoms with Gasteiger partial charge in [0, 0.05) is 29.0 Å². The van der Waals surface area contributed by atoms with Crippen LogP contribution in [0.1, 0.15) is 63.6 Å². The van der Waals surface area contributed by atoms with Crippen molar-refractivity contribution in [2.45, 2.75) is 70.1 Å². The Morgan fingerprint density at radius 1 is 1.07 bits per heavy atom. The number of benzene rings is 2. The molecule has 2 aromatic heterocycles. The number of aliphatic carboxylic acids is 1. The summed E-state index contributed by atoms with van der Waals surface area (Å²) in [4.78, 5) is 16.2. The summed E-state index contributed by atoms with van der Waals surface area (Å²) in [6, 6.07) is 16.2. The Labute approximate surface area is 232 Å². The molecule has 0 amide bonds. The van der Waals surface area contributed by atoms with Crippen LogP contribution in [0, 0.1) is 5.82 Å². The van der Waals surface area contributed by atoms with Crippen LogP contribution < -0.4 is 0 Å². The van der Waals surface area contributed by atoms with Crippen LogP contribution in [0.2, 0.25) is 0 Å². The number of carboxylic acids is 1. The highest BCUT2D eigenvalue weighted by Crippen LogP contribution is 2.47. The molecule has 0 bridgehead atoms. The van der Waals surface area contributed by atoms with Gasteiger partial charge in [0.2, 0.25) is 0 Å². The van der Waals surface area contributed by atoms with Crippen LogP contribution in [0.25, 0.3) is 39.5 Å². The van der Waals surface area contributed by atoms with Crippen LogP contribution in [0.3, 0.4) is 0 Å². The van der Waals surface area contributed by atoms with E-state index in [0.29, 0.717) is 0 Å². The van der Waals surface area contributed by atoms with Crippen molar-refractivity contribution < 1.29 is 24.5 Å². The van der Waals surface area contributed by atoms with Crippen LogP contribution in [-0.4, -0.2) is 48.3 Å². The molecule has 1 fully saturated rings. The average molecular weight is 544 g/mol. The van der Waals surface area contributed by atoms with Gasteiger partial charge in [0.05, 0.1) is 35.2 Å². The van der Waals surface area contributed by atoms with Crippen molar-refractivity contribution in [3.05, 3.63) is 77.7 Å². The lowest BCUT2D eigenvalue weighted by Gasteiger charge is -2.21. The number of aliphatic hydroxyl groups is 2. The first-order valence-corrected chi connectivity index (χ1v) is 13.6. The molecule has 1 aliphatic carbocycles. The fourth-order valence-corrected chi connectivity index (χ4v) is 5.05. The van der Waals surface area contributed by atoms with Crippen molar-refractivity contribution in [1.29, 1.82) is 0 Å². The third kappa shape index (κ3) is 5.83. The van der Waals surface area contributed by atoms with Crippen molar-refractivity contribution in [3.8, 4) is 22.4 Å². The number of pyridine rings is 1. The maximum atomic E-state index is 14.1. The van der Waals surface area contributed by atoms with Crippen molar-refractivity contribution in [2.24, 2.45) is 0 Å². The molecular formula is C32H34FN3O4. The summed E-state index contributed by atoms with van der Waals surface area (Å²) >= 11 is 0. The number of carbonyl (C=O) groups is 1. The number of fused-ring (bicyclic) bond motifs is 1. The largest absolute Gasteiger partial charge is 0.481 e. The Hall–Kier alpha value is -3.88. The number of hydrogen-bond acceptors (Lipinski definition) is 5. The van der Waals surface area contributed by atoms with E-state index in [0.717, 1.165) is 57.5 Å². The maximum Gasteiger partial charge on any atom is 0.305 e. The zero-order valence-electron chi connectivity index (χ0n) is 22.9. The molecule has 2 heterocycles. The molecule has 208 valence electrons. The Bertz CT molecular complexity index is 1550. The molecule has 0 radical (unpaired) electrons. The van der Waals surface area contributed by atoms with Crippen LogP contribution in [0.5, 0.6) is 0 Å². The first kappa shape index (κ1) is 27.7. The van der Waals surface area contributed by atoms with E-state index in [-0.39, 0.29) is 23.7 Å². The van der Waals surface area contributed by atoms with Gasteiger partial charge in [0.1, 0.15) is 11.5 Å². The minimum atomic E-state index is -1.17. The molecule has 0 saturated heterocycles. The van der Waals surface area contributed by atoms with E-state index in [1.54, 1.807) is 24.3 Å². The summed E-state index contributed by atoms with van der Waals surface area (Å²) < 4.78 is 16.0. The molecule has 4 aromatic rings. The zero-order chi connectivity index (χ0) is 28.6. The Morgan fingerprint density at radius 3 is 2.35 bits per heavy atom. The Kier molecular flexibility index (Phi) is 7.57. The summed E-state index contributed by atoms with van der Waals surface area (Å²) in [5, 5.41) is 35.6. The molecule has 8 heteroatoms. The maximum absolute atomic E-state index is 14.1. The molecule has 0 spiro atoms. The van der Waals surface area contributed by atoms with E-state index in [9.17, 15) is 19.4 Å². The van der Waals surface area contributed by atoms with Gasteiger partial charge >= 0.3 is 5.97 Å². The van der Waals surface area contributed by atoms with Gasteiger partial charge < -0.3 is 15.3 Å². The first-order chi connectivity index (χ1) is 19.0. The van der Waals surface area contributed by atoms with Gasteiger partial charge in [-0.05, 0) is 51.3 Å². The van der Waals surface area contributed by atoms with Crippen LogP contribution in [-0.2, 0) is 10.3 Å². The van der Waals surface area contributed by atoms with E-state index in [1.165, 1.54) is 12.1 Å². The predicted molar refractivity (Wildman–Crippen MR) is 153 cm³/mol. The lowest BCUT2D eigenvalue weighted by atomic mass is 9.91. The van der Waals surface area contributed by atoms with Crippen LogP contribution in [0.15, 0.2) is 60.7 Å². The van der Waals surface area contributed by atoms with E-state index in [4.69, 9.17) is 15.2 Å². The number of carboxylic acid groups (broad SMARTS) is 1. The fourth-order valence-electron chi connectivity index (χ4n) is 5.05. The first-order valence-electron chi connectivity index (χ1n) is 13.6. The van der Waals surface area contributed by atoms with E-state index < -0.39 is 24.6 Å². The molecule has 7 nitrogen and oxygen atoms in total. The number of aliphatic hydroxyl groups excluding tert-OH is 2. The number of aromatic nitrogens is 3. The third-order valence-corrected chi connectivity index (χ3v) is 7.07. The number of halogens is 1. The van der Waals surface area contributed by atoms with E-state index >= 15 is 0 Å². The fraction of sp³-hybridized carbons (Fsp3) is 0.344. The highest BCUT2D eigenvalue weighted by molar-refractivity contribution is 6.06. The summed E-state index contributed by atoms with van der Waals surface area (Å²) in [7, 11) is 0. The second-order valence-corrected chi connectivity index (χ2v) is 11.5. The molecule has 1 aliphatic rings. The van der Waals surface area contributed by atoms with Crippen LogP contribution in [0.4, 0.5) is 4.39 Å². The summed E-state index contributed by atoms with van der Waals surface area (Å²) in [6.45, 7) is 6.24. The van der Waals surface area contributed by atoms with Gasteiger partial charge in [-0.15, -0.1) is 0 Å². The van der Waals surface area contributed by atoms with E-state index in [2.05, 4.69) is 20.8 Å². The molecule has 40 heavy (non-hydrogen) atoms. The average Bonchev–Trinajstić information content (AvgIpc) is 3.66. The molecule has 2 atom stereocenters. The smallest absolute Gasteiger partial charge is 0.305 e. The molecule has 1 saturated carbocycles. The second-order valence-electron chi connectivity index (χ2n) is 11.5. The Morgan fingerprint density at radius 2 is 1.75 bits per heavy atom. The van der Waals surface area contributed by atoms with Gasteiger partial charge in [-0.3, -0.25) is 4.79 Å². The lowest BCUT2D eigenvalue weighted by Crippen LogP contribution is -2.23. The molecule has 3 N–H and O–H groups in total. The van der Waals surface area contributed by atoms with Crippen molar-refractivity contribution in [1.82, 2.24) is 14.8 Å². The van der Waals surface area contributed by atoms with Crippen molar-refractivity contribution in [2.75, 3.05) is 0 Å². The molecule has 5 rings (SSSR count). The summed E-state index contributed by atoms with van der Waals surface area (Å²) in [6.07, 6.45) is 2.55. The van der Waals surface area contributed by atoms with Gasteiger partial charge in [-0.2, -0.15) is 5.10 Å². The van der Waals surface area contributed by atoms with Crippen LogP contribution >= 0.6 is 0 Å². The minimum Gasteiger partial charge on any atom is -0.481 e. The SMILES string of the molecule is CC(C)(C)n1nc(-c2ccccc2)c2c(-c3ccc(F)cc3)c(/C=C/C(O)CC(O)CC(=O)O)c(C3CC3)nc21. The van der Waals surface area contributed by atoms with Gasteiger partial charge in [-0.1, -0.05) is 54.6 Å². The van der Waals surface area contributed by atoms with Gasteiger partial charge in [0.25, 0.3) is 0 Å². The summed E-state index contributed by atoms with van der Waals surface area (Å²) in [5.74, 6) is -1.23. The predicted octanol–water partition coefficient (Wildman–Crippen LogP) is 6.14. The highest BCUT2D eigenvalue weighted by atomic mass is 19.1. The second kappa shape index (κ2) is 10.9. The number of rotatable bonds is 9. The normalized spacial score (nSPS) is 15.6. The highest BCUT2D eigenvalue weighted by Gasteiger charge is 2.33. The molecule has 2 aromatic carbocycles. The quantitative estimate of drug-likeness (QED) is 0.234. The van der Waals surface area contributed by atoms with Gasteiger partial charge in [-0.25, -0.2) is 14.1 Å². The zero-order valence-corrected chi connectivity index (χ0v) is 22.9.